The zero-order valence-electron chi connectivity index (χ0n) is 39.1. The summed E-state index contributed by atoms with van der Waals surface area (Å²) < 4.78 is 53.5. The van der Waals surface area contributed by atoms with Gasteiger partial charge in [-0.1, -0.05) is 173 Å². The molecule has 2 atom stereocenters. The van der Waals surface area contributed by atoms with Gasteiger partial charge in [0.2, 0.25) is 0 Å². The molecule has 0 saturated heterocycles. The molecule has 2 heterocycles. The molecule has 4 aromatic carbocycles. The van der Waals surface area contributed by atoms with Crippen molar-refractivity contribution in [3.63, 3.8) is 0 Å². The van der Waals surface area contributed by atoms with Gasteiger partial charge in [0.1, 0.15) is 34.2 Å². The quantitative estimate of drug-likeness (QED) is 0.0423. The Balaban J connectivity index is 1.08. The standard InChI is InChI=1S/C56H72F2N2O2S2/c1-5-9-12-14-16-17-19-21-24-42(23-20-18-15-13-10-6-2)40-62-46-30-32-49(52(58)38-46)53-35-36-54(63-53)50-34-33-48(55-56(50)60-64-59-55)47-31-27-44(37-51(47)57)43-25-28-45(29-26-43)61-39-41(8-4)22-11-7-3/h25-38,41-42H,5-24,39-40H2,1-4H3. The van der Waals surface area contributed by atoms with Gasteiger partial charge in [-0.15, -0.1) is 11.3 Å². The van der Waals surface area contributed by atoms with Crippen LogP contribution >= 0.6 is 23.1 Å². The number of unbranched alkanes of at least 4 members (excludes halogenated alkanes) is 13. The molecule has 0 aliphatic heterocycles. The van der Waals surface area contributed by atoms with E-state index in [0.29, 0.717) is 58.5 Å². The van der Waals surface area contributed by atoms with E-state index in [1.165, 1.54) is 133 Å². The van der Waals surface area contributed by atoms with E-state index in [0.717, 1.165) is 50.3 Å². The molecular formula is C56H72F2N2O2S2. The first kappa shape index (κ1) is 49.3. The third-order valence-electron chi connectivity index (χ3n) is 12.9. The van der Waals surface area contributed by atoms with Crippen LogP contribution in [0.1, 0.15) is 156 Å². The Hall–Kier alpha value is -4.14. The van der Waals surface area contributed by atoms with Crippen LogP contribution in [0.15, 0.2) is 84.9 Å². The molecule has 4 nitrogen and oxygen atoms in total. The lowest BCUT2D eigenvalue weighted by atomic mass is 9.94. The van der Waals surface area contributed by atoms with Gasteiger partial charge in [0.05, 0.1) is 24.9 Å². The first-order valence-electron chi connectivity index (χ1n) is 24.7. The number of halogens is 2. The summed E-state index contributed by atoms with van der Waals surface area (Å²) in [5.74, 6) is 1.87. The molecular weight excluding hydrogens is 835 g/mol. The lowest BCUT2D eigenvalue weighted by molar-refractivity contribution is 0.223. The van der Waals surface area contributed by atoms with Gasteiger partial charge in [-0.3, -0.25) is 0 Å². The zero-order chi connectivity index (χ0) is 44.9. The molecule has 0 aliphatic rings. The lowest BCUT2D eigenvalue weighted by Crippen LogP contribution is -2.12. The van der Waals surface area contributed by atoms with Gasteiger partial charge in [0.25, 0.3) is 0 Å². The maximum atomic E-state index is 16.0. The molecule has 6 aromatic rings. The number of thiophene rings is 1. The van der Waals surface area contributed by atoms with Crippen molar-refractivity contribution in [2.45, 2.75) is 156 Å². The number of aromatic nitrogens is 2. The molecule has 0 fully saturated rings. The highest BCUT2D eigenvalue weighted by Crippen LogP contribution is 2.42. The van der Waals surface area contributed by atoms with E-state index in [2.05, 4.69) is 36.4 Å². The molecule has 6 rings (SSSR count). The average Bonchev–Trinajstić information content (AvgIpc) is 4.02. The third-order valence-corrected chi connectivity index (χ3v) is 14.6. The monoisotopic (exact) mass is 907 g/mol. The van der Waals surface area contributed by atoms with Gasteiger partial charge < -0.3 is 9.47 Å². The van der Waals surface area contributed by atoms with E-state index in [-0.39, 0.29) is 11.6 Å². The Kier molecular flexibility index (Phi) is 20.6. The molecule has 0 N–H and O–H groups in total. The van der Waals surface area contributed by atoms with Crippen LogP contribution in [-0.4, -0.2) is 22.0 Å². The van der Waals surface area contributed by atoms with Crippen molar-refractivity contribution in [1.82, 2.24) is 8.75 Å². The number of ether oxygens (including phenoxy) is 2. The van der Waals surface area contributed by atoms with Crippen LogP contribution in [0.25, 0.3) is 54.2 Å². The molecule has 2 aromatic heterocycles. The van der Waals surface area contributed by atoms with Gasteiger partial charge in [-0.2, -0.15) is 8.75 Å². The van der Waals surface area contributed by atoms with E-state index in [1.807, 2.05) is 72.8 Å². The molecule has 64 heavy (non-hydrogen) atoms. The summed E-state index contributed by atoms with van der Waals surface area (Å²) in [6.45, 7) is 10.3. The molecule has 2 unspecified atom stereocenters. The molecule has 344 valence electrons. The summed E-state index contributed by atoms with van der Waals surface area (Å²) in [4.78, 5) is 1.78. The van der Waals surface area contributed by atoms with E-state index in [4.69, 9.17) is 9.47 Å². The van der Waals surface area contributed by atoms with E-state index >= 15 is 8.78 Å². The number of hydrogen-bond donors (Lipinski definition) is 0. The minimum Gasteiger partial charge on any atom is -0.493 e. The van der Waals surface area contributed by atoms with Crippen molar-refractivity contribution < 1.29 is 18.3 Å². The minimum atomic E-state index is -0.320. The average molecular weight is 907 g/mol. The Morgan fingerprint density at radius 1 is 0.453 bits per heavy atom. The summed E-state index contributed by atoms with van der Waals surface area (Å²) in [6.07, 6.45) is 25.4. The van der Waals surface area contributed by atoms with Gasteiger partial charge in [0, 0.05) is 38.1 Å². The number of rotatable bonds is 30. The van der Waals surface area contributed by atoms with Crippen LogP contribution in [0, 0.1) is 23.5 Å². The molecule has 0 bridgehead atoms. The fraction of sp³-hybridized carbons (Fsp3) is 0.500. The molecule has 0 radical (unpaired) electrons. The molecule has 0 saturated carbocycles. The topological polar surface area (TPSA) is 44.2 Å². The van der Waals surface area contributed by atoms with E-state index in [1.54, 1.807) is 12.1 Å². The van der Waals surface area contributed by atoms with Crippen LogP contribution in [-0.2, 0) is 0 Å². The fourth-order valence-electron chi connectivity index (χ4n) is 8.77. The number of hydrogen-bond acceptors (Lipinski definition) is 6. The fourth-order valence-corrected chi connectivity index (χ4v) is 10.4. The second-order valence-electron chi connectivity index (χ2n) is 17.9. The number of fused-ring (bicyclic) bond motifs is 1. The molecule has 8 heteroatoms. The third kappa shape index (κ3) is 14.4. The summed E-state index contributed by atoms with van der Waals surface area (Å²) in [5.41, 5.74) is 5.70. The summed E-state index contributed by atoms with van der Waals surface area (Å²) in [5, 5.41) is 0. The Labute approximate surface area is 391 Å². The van der Waals surface area contributed by atoms with Crippen LogP contribution in [0.2, 0.25) is 0 Å². The van der Waals surface area contributed by atoms with Crippen molar-refractivity contribution in [2.24, 2.45) is 11.8 Å². The van der Waals surface area contributed by atoms with Crippen molar-refractivity contribution in [1.29, 1.82) is 0 Å². The highest BCUT2D eigenvalue weighted by atomic mass is 32.1. The zero-order valence-corrected chi connectivity index (χ0v) is 40.7. The molecule has 0 amide bonds. The van der Waals surface area contributed by atoms with Gasteiger partial charge in [-0.05, 0) is 84.7 Å². The van der Waals surface area contributed by atoms with E-state index in [9.17, 15) is 0 Å². The van der Waals surface area contributed by atoms with Crippen molar-refractivity contribution in [3.8, 4) is 54.6 Å². The van der Waals surface area contributed by atoms with Crippen molar-refractivity contribution in [2.75, 3.05) is 13.2 Å². The summed E-state index contributed by atoms with van der Waals surface area (Å²) in [7, 11) is 0. The highest BCUT2D eigenvalue weighted by Gasteiger charge is 2.19. The van der Waals surface area contributed by atoms with Gasteiger partial charge in [-0.25, -0.2) is 8.78 Å². The summed E-state index contributed by atoms with van der Waals surface area (Å²) >= 11 is 2.63. The van der Waals surface area contributed by atoms with Crippen molar-refractivity contribution in [3.05, 3.63) is 96.6 Å². The Morgan fingerprint density at radius 3 is 1.56 bits per heavy atom. The molecule has 0 aliphatic carbocycles. The second-order valence-corrected chi connectivity index (χ2v) is 19.5. The van der Waals surface area contributed by atoms with Crippen molar-refractivity contribution >= 4 is 34.1 Å². The van der Waals surface area contributed by atoms with Gasteiger partial charge >= 0.3 is 0 Å². The van der Waals surface area contributed by atoms with Gasteiger partial charge in [0.15, 0.2) is 0 Å². The van der Waals surface area contributed by atoms with Crippen LogP contribution in [0.4, 0.5) is 8.78 Å². The first-order chi connectivity index (χ1) is 31.4. The largest absolute Gasteiger partial charge is 0.493 e. The normalized spacial score (nSPS) is 12.5. The highest BCUT2D eigenvalue weighted by molar-refractivity contribution is 7.19. The smallest absolute Gasteiger partial charge is 0.135 e. The second kappa shape index (κ2) is 26.7. The Morgan fingerprint density at radius 2 is 0.938 bits per heavy atom. The maximum Gasteiger partial charge on any atom is 0.135 e. The van der Waals surface area contributed by atoms with Crippen LogP contribution in [0.5, 0.6) is 11.5 Å². The van der Waals surface area contributed by atoms with E-state index < -0.39 is 0 Å². The number of nitrogens with zero attached hydrogens (tertiary/aromatic N) is 2. The van der Waals surface area contributed by atoms with Crippen LogP contribution in [0.3, 0.4) is 0 Å². The predicted molar refractivity (Wildman–Crippen MR) is 270 cm³/mol. The van der Waals surface area contributed by atoms with Crippen LogP contribution < -0.4 is 9.47 Å². The predicted octanol–water partition coefficient (Wildman–Crippen LogP) is 18.6. The lowest BCUT2D eigenvalue weighted by Gasteiger charge is -2.18. The minimum absolute atomic E-state index is 0.289. The maximum absolute atomic E-state index is 16.0. The Bertz CT molecular complexity index is 2270. The molecule has 0 spiro atoms. The number of benzene rings is 4. The summed E-state index contributed by atoms with van der Waals surface area (Å²) in [6, 6.07) is 26.5. The SMILES string of the molecule is CCCCCCCCCCC(CCCCCCCC)COc1ccc(-c2ccc(-c3ccc(-c4ccc(-c5ccc(OCC(CC)CCCC)cc5)cc4F)c4nsnc34)s2)c(F)c1. The first-order valence-corrected chi connectivity index (χ1v) is 26.3.